The van der Waals surface area contributed by atoms with E-state index in [1.54, 1.807) is 0 Å². The third-order valence-electron chi connectivity index (χ3n) is 1.64. The van der Waals surface area contributed by atoms with Gasteiger partial charge in [0.05, 0.1) is 12.7 Å². The lowest BCUT2D eigenvalue weighted by atomic mass is 9.87. The van der Waals surface area contributed by atoms with Gasteiger partial charge in [-0.2, -0.15) is 0 Å². The highest BCUT2D eigenvalue weighted by Crippen LogP contribution is 2.01. The number of methoxy groups -OCH3 is 1. The zero-order valence-corrected chi connectivity index (χ0v) is 7.08. The number of benzene rings is 1. The molecule has 13 heavy (non-hydrogen) atoms. The molecule has 0 fully saturated rings. The van der Waals surface area contributed by atoms with Gasteiger partial charge < -0.3 is 9.76 Å². The first-order chi connectivity index (χ1) is 6.19. The van der Waals surface area contributed by atoms with Crippen molar-refractivity contribution in [2.24, 2.45) is 0 Å². The van der Waals surface area contributed by atoms with Crippen molar-refractivity contribution in [1.29, 1.82) is 0 Å². The molecule has 1 aromatic carbocycles. The summed E-state index contributed by atoms with van der Waals surface area (Å²) in [5.41, 5.74) is 0.316. The third-order valence-corrected chi connectivity index (χ3v) is 1.64. The van der Waals surface area contributed by atoms with E-state index in [4.69, 9.17) is 5.02 Å². The van der Waals surface area contributed by atoms with Gasteiger partial charge in [0.2, 0.25) is 0 Å². The number of ether oxygens (including phenoxy) is 1. The van der Waals surface area contributed by atoms with Gasteiger partial charge in [0.15, 0.2) is 0 Å². The van der Waals surface area contributed by atoms with Crippen molar-refractivity contribution in [2.75, 3.05) is 7.11 Å². The summed E-state index contributed by atoms with van der Waals surface area (Å²) in [6.45, 7) is 0. The minimum absolute atomic E-state index is 0.0860. The molecule has 0 spiro atoms. The van der Waals surface area contributed by atoms with Gasteiger partial charge in [0, 0.05) is 0 Å². The number of carbonyl (C=O) groups is 1. The van der Waals surface area contributed by atoms with E-state index in [9.17, 15) is 9.18 Å². The predicted octanol–water partition coefficient (Wildman–Crippen LogP) is -0.419. The highest BCUT2D eigenvalue weighted by atomic mass is 19.1. The van der Waals surface area contributed by atoms with Crippen LogP contribution in [-0.2, 0) is 4.74 Å². The van der Waals surface area contributed by atoms with Crippen LogP contribution in [0, 0.1) is 5.82 Å². The van der Waals surface area contributed by atoms with Gasteiger partial charge >= 0.3 is 13.5 Å². The SMILES string of the molecule is COC(=O)c1ccc(F)c(BO)c1. The number of carbonyl (C=O) groups excluding carboxylic acids is 1. The van der Waals surface area contributed by atoms with Crippen molar-refractivity contribution in [1.82, 2.24) is 0 Å². The Bertz CT molecular complexity index is 327. The number of rotatable bonds is 2. The van der Waals surface area contributed by atoms with Crippen LogP contribution in [0.3, 0.4) is 0 Å². The molecule has 0 amide bonds. The topological polar surface area (TPSA) is 46.5 Å². The van der Waals surface area contributed by atoms with E-state index in [1.807, 2.05) is 0 Å². The zero-order valence-electron chi connectivity index (χ0n) is 7.08. The second-order valence-electron chi connectivity index (χ2n) is 2.46. The monoisotopic (exact) mass is 182 g/mol. The van der Waals surface area contributed by atoms with E-state index in [0.29, 0.717) is 0 Å². The number of hydrogen-bond donors (Lipinski definition) is 1. The predicted molar refractivity (Wildman–Crippen MR) is 46.7 cm³/mol. The van der Waals surface area contributed by atoms with E-state index >= 15 is 0 Å². The number of hydrogen-bond acceptors (Lipinski definition) is 3. The summed E-state index contributed by atoms with van der Waals surface area (Å²) in [5, 5.41) is 8.71. The first kappa shape index (κ1) is 9.73. The van der Waals surface area contributed by atoms with Gasteiger partial charge in [-0.1, -0.05) is 0 Å². The second kappa shape index (κ2) is 4.05. The van der Waals surface area contributed by atoms with Crippen molar-refractivity contribution in [2.45, 2.75) is 0 Å². The van der Waals surface area contributed by atoms with E-state index in [2.05, 4.69) is 4.74 Å². The fraction of sp³-hybridized carbons (Fsp3) is 0.125. The van der Waals surface area contributed by atoms with Gasteiger partial charge in [0.25, 0.3) is 0 Å². The molecule has 1 N–H and O–H groups in total. The normalized spacial score (nSPS) is 9.46. The van der Waals surface area contributed by atoms with Gasteiger partial charge in [-0.25, -0.2) is 9.18 Å². The van der Waals surface area contributed by atoms with Crippen LogP contribution in [0.4, 0.5) is 4.39 Å². The van der Waals surface area contributed by atoms with Crippen molar-refractivity contribution in [3.05, 3.63) is 29.6 Å². The molecule has 0 aliphatic rings. The van der Waals surface area contributed by atoms with Crippen molar-refractivity contribution >= 4 is 18.9 Å². The summed E-state index contributed by atoms with van der Waals surface area (Å²) in [5.74, 6) is -1.08. The average Bonchev–Trinajstić information content (AvgIpc) is 2.17. The highest BCUT2D eigenvalue weighted by Gasteiger charge is 2.09. The average molecular weight is 182 g/mol. The Morgan fingerprint density at radius 3 is 2.85 bits per heavy atom. The quantitative estimate of drug-likeness (QED) is 0.499. The summed E-state index contributed by atoms with van der Waals surface area (Å²) in [4.78, 5) is 11.0. The number of esters is 1. The minimum atomic E-state index is -0.547. The molecule has 0 radical (unpaired) electrons. The Balaban J connectivity index is 3.06. The maximum absolute atomic E-state index is 12.8. The van der Waals surface area contributed by atoms with E-state index < -0.39 is 19.3 Å². The molecule has 0 saturated heterocycles. The van der Waals surface area contributed by atoms with Crippen LogP contribution in [0.15, 0.2) is 18.2 Å². The van der Waals surface area contributed by atoms with Gasteiger partial charge in [-0.05, 0) is 23.7 Å². The third kappa shape index (κ3) is 2.06. The maximum Gasteiger partial charge on any atom is 0.337 e. The van der Waals surface area contributed by atoms with E-state index in [0.717, 1.165) is 6.07 Å². The van der Waals surface area contributed by atoms with Crippen LogP contribution in [0.2, 0.25) is 0 Å². The smallest absolute Gasteiger partial charge is 0.337 e. The molecular weight excluding hydrogens is 174 g/mol. The van der Waals surface area contributed by atoms with Crippen LogP contribution in [0.5, 0.6) is 0 Å². The summed E-state index contributed by atoms with van der Waals surface area (Å²) in [6.07, 6.45) is 0. The fourth-order valence-electron chi connectivity index (χ4n) is 0.941. The Morgan fingerprint density at radius 2 is 2.31 bits per heavy atom. The van der Waals surface area contributed by atoms with Gasteiger partial charge in [0.1, 0.15) is 5.82 Å². The van der Waals surface area contributed by atoms with Crippen LogP contribution in [0.1, 0.15) is 10.4 Å². The first-order valence-corrected chi connectivity index (χ1v) is 3.66. The summed E-state index contributed by atoms with van der Waals surface area (Å²) < 4.78 is 17.3. The molecule has 0 aromatic heterocycles. The van der Waals surface area contributed by atoms with E-state index in [1.165, 1.54) is 19.2 Å². The minimum Gasteiger partial charge on any atom is -0.465 e. The van der Waals surface area contributed by atoms with Crippen LogP contribution >= 0.6 is 0 Å². The Labute approximate surface area is 75.4 Å². The molecule has 1 aromatic rings. The molecule has 0 unspecified atom stereocenters. The molecule has 0 bridgehead atoms. The molecule has 3 nitrogen and oxygen atoms in total. The Morgan fingerprint density at radius 1 is 1.62 bits per heavy atom. The molecule has 0 aliphatic carbocycles. The van der Waals surface area contributed by atoms with Crippen LogP contribution in [-0.4, -0.2) is 25.6 Å². The Hall–Kier alpha value is -1.36. The first-order valence-electron chi connectivity index (χ1n) is 3.66. The number of halogens is 1. The highest BCUT2D eigenvalue weighted by molar-refractivity contribution is 6.45. The summed E-state index contributed by atoms with van der Waals surface area (Å²) >= 11 is 0. The zero-order chi connectivity index (χ0) is 9.84. The Kier molecular flexibility index (Phi) is 3.03. The molecule has 0 aliphatic heterocycles. The van der Waals surface area contributed by atoms with Gasteiger partial charge in [-0.3, -0.25) is 0 Å². The molecule has 5 heteroatoms. The molecule has 0 atom stereocenters. The van der Waals surface area contributed by atoms with Crippen molar-refractivity contribution < 1.29 is 18.9 Å². The lowest BCUT2D eigenvalue weighted by Crippen LogP contribution is -2.20. The fourth-order valence-corrected chi connectivity index (χ4v) is 0.941. The second-order valence-corrected chi connectivity index (χ2v) is 2.46. The molecule has 0 heterocycles. The van der Waals surface area contributed by atoms with E-state index in [-0.39, 0.29) is 11.0 Å². The molecule has 1 rings (SSSR count). The molecular formula is C8H8BFO3. The molecule has 0 saturated carbocycles. The summed E-state index contributed by atoms with van der Waals surface area (Å²) in [7, 11) is 0.807. The van der Waals surface area contributed by atoms with Crippen LogP contribution in [0.25, 0.3) is 0 Å². The summed E-state index contributed by atoms with van der Waals surface area (Å²) in [6, 6.07) is 3.69. The lowest BCUT2D eigenvalue weighted by Gasteiger charge is -2.01. The van der Waals surface area contributed by atoms with Crippen molar-refractivity contribution in [3.63, 3.8) is 0 Å². The maximum atomic E-state index is 12.8. The van der Waals surface area contributed by atoms with Crippen molar-refractivity contribution in [3.8, 4) is 0 Å². The standard InChI is InChI=1S/C8H8BFO3/c1-13-8(11)5-2-3-7(10)6(4-5)9-12/h2-4,9,12H,1H3. The van der Waals surface area contributed by atoms with Gasteiger partial charge in [-0.15, -0.1) is 0 Å². The molecule has 68 valence electrons. The van der Waals surface area contributed by atoms with Crippen LogP contribution < -0.4 is 5.46 Å². The lowest BCUT2D eigenvalue weighted by molar-refractivity contribution is 0.0601. The largest absolute Gasteiger partial charge is 0.465 e.